The fourth-order valence-corrected chi connectivity index (χ4v) is 9.48. The van der Waals surface area contributed by atoms with Crippen LogP contribution in [0.5, 0.6) is 0 Å². The molecule has 5 atom stereocenters. The molecule has 2 aromatic carbocycles. The van der Waals surface area contributed by atoms with Crippen molar-refractivity contribution in [3.05, 3.63) is 104 Å². The first kappa shape index (κ1) is 36.2. The maximum atomic E-state index is 14.1. The van der Waals surface area contributed by atoms with Gasteiger partial charge in [-0.3, -0.25) is 27.9 Å². The molecule has 4 rings (SSSR count). The van der Waals surface area contributed by atoms with Crippen molar-refractivity contribution in [3.8, 4) is 0 Å². The van der Waals surface area contributed by atoms with Crippen molar-refractivity contribution in [1.29, 1.82) is 0 Å². The maximum absolute atomic E-state index is 14.1. The minimum atomic E-state index is -4.76. The van der Waals surface area contributed by atoms with Gasteiger partial charge in [-0.15, -0.1) is 0 Å². The van der Waals surface area contributed by atoms with Crippen LogP contribution in [0.4, 0.5) is 0 Å². The molecule has 1 aromatic heterocycles. The smallest absolute Gasteiger partial charge is 0.352 e. The average molecular weight is 712 g/mol. The predicted molar refractivity (Wildman–Crippen MR) is 169 cm³/mol. The SMILES string of the molecule is Cc1cn([C@H]2C[C@H](N=[N+]=[N-])[C@@H](COP(=O)(OC(C)CS(=O)(=O)c3ccccc3)OC(C)CS(=O)(=O)c3ccccc3)O2)c(=O)[nH]c1=O. The van der Waals surface area contributed by atoms with Gasteiger partial charge >= 0.3 is 13.5 Å². The second-order valence-corrected chi connectivity index (χ2v) is 16.5. The predicted octanol–water partition coefficient (Wildman–Crippen LogP) is 3.69. The highest BCUT2D eigenvalue weighted by Crippen LogP contribution is 2.53. The van der Waals surface area contributed by atoms with Gasteiger partial charge in [0.15, 0.2) is 19.7 Å². The average Bonchev–Trinajstić information content (AvgIpc) is 3.40. The van der Waals surface area contributed by atoms with Gasteiger partial charge in [0.2, 0.25) is 0 Å². The van der Waals surface area contributed by atoms with Crippen LogP contribution in [-0.2, 0) is 42.5 Å². The van der Waals surface area contributed by atoms with E-state index in [9.17, 15) is 31.0 Å². The summed E-state index contributed by atoms with van der Waals surface area (Å²) in [5.41, 5.74) is 8.00. The molecule has 19 heteroatoms. The number of aromatic amines is 1. The number of hydrogen-bond acceptors (Lipinski definition) is 12. The van der Waals surface area contributed by atoms with Gasteiger partial charge in [0.05, 0.1) is 52.3 Å². The van der Waals surface area contributed by atoms with E-state index in [0.717, 1.165) is 4.57 Å². The Hall–Kier alpha value is -3.60. The van der Waals surface area contributed by atoms with E-state index in [0.29, 0.717) is 0 Å². The number of benzene rings is 2. The van der Waals surface area contributed by atoms with E-state index < -0.39 is 87.4 Å². The highest BCUT2D eigenvalue weighted by Gasteiger charge is 2.41. The Morgan fingerprint density at radius 3 is 1.98 bits per heavy atom. The number of aryl methyl sites for hydroxylation is 1. The lowest BCUT2D eigenvalue weighted by Gasteiger charge is -2.26. The van der Waals surface area contributed by atoms with E-state index in [-0.39, 0.29) is 21.8 Å². The van der Waals surface area contributed by atoms with E-state index in [4.69, 9.17) is 23.8 Å². The lowest BCUT2D eigenvalue weighted by molar-refractivity contribution is -0.0333. The third-order valence-electron chi connectivity index (χ3n) is 6.99. The third-order valence-corrected chi connectivity index (χ3v) is 12.5. The van der Waals surface area contributed by atoms with Crippen molar-refractivity contribution in [2.24, 2.45) is 5.11 Å². The number of aromatic nitrogens is 2. The number of phosphoric ester groups is 1. The fraction of sp³-hybridized carbons (Fsp3) is 0.429. The summed E-state index contributed by atoms with van der Waals surface area (Å²) in [5, 5.41) is 3.70. The Kier molecular flexibility index (Phi) is 11.6. The zero-order chi connectivity index (χ0) is 34.4. The lowest BCUT2D eigenvalue weighted by Crippen LogP contribution is -2.33. The van der Waals surface area contributed by atoms with Gasteiger partial charge in [0, 0.05) is 23.1 Å². The van der Waals surface area contributed by atoms with Crippen molar-refractivity contribution < 1.29 is 39.7 Å². The van der Waals surface area contributed by atoms with Crippen LogP contribution in [0.2, 0.25) is 0 Å². The van der Waals surface area contributed by atoms with E-state index in [2.05, 4.69) is 15.0 Å². The van der Waals surface area contributed by atoms with Crippen LogP contribution in [0.3, 0.4) is 0 Å². The van der Waals surface area contributed by atoms with Crippen LogP contribution in [-0.4, -0.2) is 68.9 Å². The third kappa shape index (κ3) is 9.49. The molecule has 16 nitrogen and oxygen atoms in total. The van der Waals surface area contributed by atoms with Crippen LogP contribution < -0.4 is 11.2 Å². The van der Waals surface area contributed by atoms with Crippen LogP contribution in [0.25, 0.3) is 10.4 Å². The molecule has 0 bridgehead atoms. The molecule has 0 aliphatic carbocycles. The summed E-state index contributed by atoms with van der Waals surface area (Å²) in [7, 11) is -12.6. The number of rotatable bonds is 15. The second kappa shape index (κ2) is 15.1. The summed E-state index contributed by atoms with van der Waals surface area (Å²) >= 11 is 0. The molecule has 0 saturated carbocycles. The Labute approximate surface area is 270 Å². The zero-order valence-electron chi connectivity index (χ0n) is 25.6. The minimum absolute atomic E-state index is 0.00443. The molecule has 0 amide bonds. The number of ether oxygens (including phenoxy) is 1. The normalized spacial score (nSPS) is 21.0. The Morgan fingerprint density at radius 1 is 0.979 bits per heavy atom. The molecule has 2 heterocycles. The van der Waals surface area contributed by atoms with E-state index in [1.165, 1.54) is 51.2 Å². The summed E-state index contributed by atoms with van der Waals surface area (Å²) in [5.74, 6) is -1.25. The monoisotopic (exact) mass is 711 g/mol. The molecule has 1 saturated heterocycles. The summed E-state index contributed by atoms with van der Waals surface area (Å²) in [6.07, 6.45) is -3.39. The van der Waals surface area contributed by atoms with Crippen LogP contribution in [0.1, 0.15) is 32.1 Å². The van der Waals surface area contributed by atoms with Gasteiger partial charge in [-0.05, 0) is 50.6 Å². The molecule has 2 unspecified atom stereocenters. The minimum Gasteiger partial charge on any atom is -0.352 e. The number of azide groups is 1. The molecule has 0 spiro atoms. The number of nitrogens with zero attached hydrogens (tertiary/aromatic N) is 4. The summed E-state index contributed by atoms with van der Waals surface area (Å²) in [6, 6.07) is 14.1. The fourth-order valence-electron chi connectivity index (χ4n) is 4.84. The molecule has 3 aromatic rings. The molecule has 47 heavy (non-hydrogen) atoms. The van der Waals surface area contributed by atoms with Crippen molar-refractivity contribution in [1.82, 2.24) is 9.55 Å². The van der Waals surface area contributed by atoms with Gasteiger partial charge < -0.3 is 4.74 Å². The van der Waals surface area contributed by atoms with Gasteiger partial charge in [-0.2, -0.15) is 0 Å². The van der Waals surface area contributed by atoms with Gasteiger partial charge in [0.1, 0.15) is 6.23 Å². The van der Waals surface area contributed by atoms with Crippen molar-refractivity contribution >= 4 is 27.5 Å². The van der Waals surface area contributed by atoms with Crippen LogP contribution >= 0.6 is 7.82 Å². The highest BCUT2D eigenvalue weighted by atomic mass is 32.2. The number of phosphoric acid groups is 1. The van der Waals surface area contributed by atoms with Crippen molar-refractivity contribution in [2.75, 3.05) is 18.1 Å². The standard InChI is InChI=1S/C28H34N5O11PS2/c1-19-15-33(28(35)30-27(19)34)26-14-24(31-32-29)25(42-26)16-41-45(36,43-20(2)17-46(37,38)22-10-6-4-7-11-22)44-21(3)18-47(39,40)23-12-8-5-9-13-23/h4-13,15,20-21,24-26H,14,16-18H2,1-3H3,(H,30,34,35)/t20?,21?,24-,25+,26+,45?/m0/s1. The Bertz CT molecular complexity index is 1900. The van der Waals surface area contributed by atoms with Gasteiger partial charge in [0.25, 0.3) is 5.56 Å². The van der Waals surface area contributed by atoms with E-state index in [1.54, 1.807) is 36.4 Å². The highest BCUT2D eigenvalue weighted by molar-refractivity contribution is 7.91. The first-order chi connectivity index (χ1) is 22.1. The quantitative estimate of drug-likeness (QED) is 0.103. The molecule has 0 radical (unpaired) electrons. The molecule has 254 valence electrons. The molecule has 1 fully saturated rings. The number of sulfone groups is 2. The number of hydrogen-bond donors (Lipinski definition) is 1. The Balaban J connectivity index is 1.56. The Morgan fingerprint density at radius 2 is 1.49 bits per heavy atom. The van der Waals surface area contributed by atoms with Crippen molar-refractivity contribution in [3.63, 3.8) is 0 Å². The zero-order valence-corrected chi connectivity index (χ0v) is 28.1. The van der Waals surface area contributed by atoms with Crippen LogP contribution in [0.15, 0.2) is 91.4 Å². The lowest BCUT2D eigenvalue weighted by atomic mass is 10.1. The topological polar surface area (TPSA) is 226 Å². The first-order valence-corrected chi connectivity index (χ1v) is 19.1. The summed E-state index contributed by atoms with van der Waals surface area (Å²) in [6.45, 7) is 3.56. The van der Waals surface area contributed by atoms with E-state index >= 15 is 0 Å². The molecule has 1 aliphatic heterocycles. The van der Waals surface area contributed by atoms with E-state index in [1.807, 2.05) is 0 Å². The molecular weight excluding hydrogens is 677 g/mol. The maximum Gasteiger partial charge on any atom is 0.475 e. The van der Waals surface area contributed by atoms with Crippen LogP contribution in [0, 0.1) is 6.92 Å². The molecule has 1 N–H and O–H groups in total. The molecular formula is C28H34N5O11PS2. The second-order valence-electron chi connectivity index (χ2n) is 10.9. The van der Waals surface area contributed by atoms with Crippen molar-refractivity contribution in [2.45, 2.75) is 67.6 Å². The number of H-pyrrole nitrogens is 1. The first-order valence-electron chi connectivity index (χ1n) is 14.3. The summed E-state index contributed by atoms with van der Waals surface area (Å²) < 4.78 is 89.7. The largest absolute Gasteiger partial charge is 0.475 e. The molecule has 1 aliphatic rings. The van der Waals surface area contributed by atoms with Gasteiger partial charge in [-0.1, -0.05) is 41.5 Å². The number of nitrogens with one attached hydrogen (secondary N) is 1. The summed E-state index contributed by atoms with van der Waals surface area (Å²) in [4.78, 5) is 29.3. The van der Waals surface area contributed by atoms with Gasteiger partial charge in [-0.25, -0.2) is 26.2 Å².